The van der Waals surface area contributed by atoms with Gasteiger partial charge in [0.25, 0.3) is 0 Å². The highest BCUT2D eigenvalue weighted by atomic mass is 16.6. The van der Waals surface area contributed by atoms with Crippen LogP contribution in [0, 0.1) is 0 Å². The van der Waals surface area contributed by atoms with Gasteiger partial charge in [-0.15, -0.1) is 0 Å². The van der Waals surface area contributed by atoms with Crippen LogP contribution in [-0.2, 0) is 16.0 Å². The third-order valence-corrected chi connectivity index (χ3v) is 3.38. The minimum atomic E-state index is -0.398. The third-order valence-electron chi connectivity index (χ3n) is 3.38. The van der Waals surface area contributed by atoms with Gasteiger partial charge in [-0.1, -0.05) is 18.2 Å². The van der Waals surface area contributed by atoms with Crippen LogP contribution < -0.4 is 9.47 Å². The van der Waals surface area contributed by atoms with Gasteiger partial charge in [-0.05, 0) is 37.3 Å². The molecule has 2 aromatic carbocycles. The summed E-state index contributed by atoms with van der Waals surface area (Å²) in [6.45, 7) is 1.91. The summed E-state index contributed by atoms with van der Waals surface area (Å²) in [6.07, 6.45) is 0.0373. The second-order valence-corrected chi connectivity index (χ2v) is 5.14. The van der Waals surface area contributed by atoms with E-state index in [2.05, 4.69) is 0 Å². The number of hydrogen-bond acceptors (Lipinski definition) is 5. The maximum absolute atomic E-state index is 12.0. The van der Waals surface area contributed by atoms with Crippen molar-refractivity contribution in [1.29, 1.82) is 0 Å². The molecule has 0 bridgehead atoms. The summed E-state index contributed by atoms with van der Waals surface area (Å²) >= 11 is 0. The number of esters is 1. The Morgan fingerprint density at radius 1 is 1.00 bits per heavy atom. The fourth-order valence-corrected chi connectivity index (χ4v) is 2.17. The molecule has 0 radical (unpaired) electrons. The zero-order valence-corrected chi connectivity index (χ0v) is 13.8. The molecular formula is C19H20O5. The lowest BCUT2D eigenvalue weighted by atomic mass is 10.0. The van der Waals surface area contributed by atoms with Crippen LogP contribution in [0.5, 0.6) is 11.5 Å². The third kappa shape index (κ3) is 5.12. The molecule has 24 heavy (non-hydrogen) atoms. The molecular weight excluding hydrogens is 308 g/mol. The van der Waals surface area contributed by atoms with Crippen LogP contribution in [0.3, 0.4) is 0 Å². The van der Waals surface area contributed by atoms with E-state index < -0.39 is 5.97 Å². The molecule has 5 nitrogen and oxygen atoms in total. The van der Waals surface area contributed by atoms with Gasteiger partial charge in [-0.2, -0.15) is 0 Å². The first-order valence-corrected chi connectivity index (χ1v) is 7.61. The SMILES string of the molecule is COc1ccc(C(C)=O)cc1CC(=O)OCCOc1ccccc1. The molecule has 0 heterocycles. The fourth-order valence-electron chi connectivity index (χ4n) is 2.17. The second kappa shape index (κ2) is 8.72. The molecule has 0 aliphatic rings. The van der Waals surface area contributed by atoms with E-state index in [0.29, 0.717) is 16.9 Å². The van der Waals surface area contributed by atoms with Crippen LogP contribution in [0.2, 0.25) is 0 Å². The van der Waals surface area contributed by atoms with Gasteiger partial charge in [0.15, 0.2) is 5.78 Å². The number of rotatable bonds is 8. The summed E-state index contributed by atoms with van der Waals surface area (Å²) in [5.74, 6) is 0.816. The van der Waals surface area contributed by atoms with Gasteiger partial charge in [0.1, 0.15) is 24.7 Å². The molecule has 0 spiro atoms. The van der Waals surface area contributed by atoms with Gasteiger partial charge in [0.2, 0.25) is 0 Å². The van der Waals surface area contributed by atoms with Gasteiger partial charge in [0.05, 0.1) is 13.5 Å². The Morgan fingerprint density at radius 2 is 1.75 bits per heavy atom. The van der Waals surface area contributed by atoms with Crippen molar-refractivity contribution in [3.05, 3.63) is 59.7 Å². The number of ether oxygens (including phenoxy) is 3. The number of carbonyl (C=O) groups is 2. The predicted octanol–water partition coefficient (Wildman–Crippen LogP) is 3.06. The predicted molar refractivity (Wildman–Crippen MR) is 89.6 cm³/mol. The highest BCUT2D eigenvalue weighted by Crippen LogP contribution is 2.21. The molecule has 0 fully saturated rings. The van der Waals surface area contributed by atoms with Crippen LogP contribution >= 0.6 is 0 Å². The summed E-state index contributed by atoms with van der Waals surface area (Å²) < 4.78 is 15.8. The zero-order chi connectivity index (χ0) is 17.4. The van der Waals surface area contributed by atoms with E-state index in [9.17, 15) is 9.59 Å². The summed E-state index contributed by atoms with van der Waals surface area (Å²) in [4.78, 5) is 23.4. The Bertz CT molecular complexity index is 694. The van der Waals surface area contributed by atoms with E-state index in [1.165, 1.54) is 14.0 Å². The normalized spacial score (nSPS) is 10.1. The Hall–Kier alpha value is -2.82. The second-order valence-electron chi connectivity index (χ2n) is 5.14. The van der Waals surface area contributed by atoms with Gasteiger partial charge in [0, 0.05) is 11.1 Å². The van der Waals surface area contributed by atoms with Gasteiger partial charge >= 0.3 is 5.97 Å². The largest absolute Gasteiger partial charge is 0.496 e. The van der Waals surface area contributed by atoms with E-state index in [1.807, 2.05) is 30.3 Å². The van der Waals surface area contributed by atoms with E-state index in [-0.39, 0.29) is 25.4 Å². The van der Waals surface area contributed by atoms with Crippen LogP contribution in [0.15, 0.2) is 48.5 Å². The number of benzene rings is 2. The Kier molecular flexibility index (Phi) is 6.37. The van der Waals surface area contributed by atoms with Crippen molar-refractivity contribution < 1.29 is 23.8 Å². The van der Waals surface area contributed by atoms with Crippen molar-refractivity contribution in [3.8, 4) is 11.5 Å². The van der Waals surface area contributed by atoms with Crippen molar-refractivity contribution in [2.45, 2.75) is 13.3 Å². The first kappa shape index (κ1) is 17.5. The first-order valence-electron chi connectivity index (χ1n) is 7.61. The fraction of sp³-hybridized carbons (Fsp3) is 0.263. The van der Waals surface area contributed by atoms with E-state index >= 15 is 0 Å². The molecule has 0 aliphatic heterocycles. The van der Waals surface area contributed by atoms with Gasteiger partial charge < -0.3 is 14.2 Å². The van der Waals surface area contributed by atoms with Crippen LogP contribution in [0.4, 0.5) is 0 Å². The van der Waals surface area contributed by atoms with Crippen LogP contribution in [0.1, 0.15) is 22.8 Å². The van der Waals surface area contributed by atoms with Crippen molar-refractivity contribution in [2.24, 2.45) is 0 Å². The number of para-hydroxylation sites is 1. The van der Waals surface area contributed by atoms with Crippen molar-refractivity contribution in [1.82, 2.24) is 0 Å². The lowest BCUT2D eigenvalue weighted by Gasteiger charge is -2.10. The molecule has 0 saturated carbocycles. The molecule has 0 amide bonds. The lowest BCUT2D eigenvalue weighted by Crippen LogP contribution is -2.14. The molecule has 0 unspecified atom stereocenters. The molecule has 2 rings (SSSR count). The van der Waals surface area contributed by atoms with Crippen LogP contribution in [-0.4, -0.2) is 32.1 Å². The molecule has 2 aromatic rings. The van der Waals surface area contributed by atoms with Crippen molar-refractivity contribution in [2.75, 3.05) is 20.3 Å². The molecule has 0 atom stereocenters. The quantitative estimate of drug-likeness (QED) is 0.423. The number of ketones is 1. The van der Waals surface area contributed by atoms with Crippen molar-refractivity contribution >= 4 is 11.8 Å². The molecule has 0 aliphatic carbocycles. The number of methoxy groups -OCH3 is 1. The summed E-state index contributed by atoms with van der Waals surface area (Å²) in [5.41, 5.74) is 1.16. The van der Waals surface area contributed by atoms with Crippen molar-refractivity contribution in [3.63, 3.8) is 0 Å². The summed E-state index contributed by atoms with van der Waals surface area (Å²) in [7, 11) is 1.52. The highest BCUT2D eigenvalue weighted by Gasteiger charge is 2.12. The van der Waals surface area contributed by atoms with Gasteiger partial charge in [-0.25, -0.2) is 0 Å². The van der Waals surface area contributed by atoms with E-state index in [0.717, 1.165) is 5.75 Å². The first-order chi connectivity index (χ1) is 11.6. The number of hydrogen-bond donors (Lipinski definition) is 0. The standard InChI is InChI=1S/C19H20O5/c1-14(20)15-8-9-18(22-2)16(12-15)13-19(21)24-11-10-23-17-6-4-3-5-7-17/h3-9,12H,10-11,13H2,1-2H3. The lowest BCUT2D eigenvalue weighted by molar-refractivity contribution is -0.143. The Morgan fingerprint density at radius 3 is 2.42 bits per heavy atom. The smallest absolute Gasteiger partial charge is 0.310 e. The monoisotopic (exact) mass is 328 g/mol. The number of Topliss-reactive ketones (excluding diaryl/α,β-unsaturated/α-hetero) is 1. The molecule has 0 N–H and O–H groups in total. The average Bonchev–Trinajstić information content (AvgIpc) is 2.59. The molecule has 126 valence electrons. The molecule has 0 saturated heterocycles. The highest BCUT2D eigenvalue weighted by molar-refractivity contribution is 5.94. The minimum Gasteiger partial charge on any atom is -0.496 e. The minimum absolute atomic E-state index is 0.0373. The average molecular weight is 328 g/mol. The van der Waals surface area contributed by atoms with Crippen LogP contribution in [0.25, 0.3) is 0 Å². The Labute approximate surface area is 141 Å². The Balaban J connectivity index is 1.85. The summed E-state index contributed by atoms with van der Waals surface area (Å²) in [6, 6.07) is 14.3. The summed E-state index contributed by atoms with van der Waals surface area (Å²) in [5, 5.41) is 0. The van der Waals surface area contributed by atoms with E-state index in [1.54, 1.807) is 18.2 Å². The maximum atomic E-state index is 12.0. The van der Waals surface area contributed by atoms with Gasteiger partial charge in [-0.3, -0.25) is 9.59 Å². The molecule has 0 aromatic heterocycles. The van der Waals surface area contributed by atoms with E-state index in [4.69, 9.17) is 14.2 Å². The maximum Gasteiger partial charge on any atom is 0.310 e. The number of carbonyl (C=O) groups excluding carboxylic acids is 2. The molecule has 5 heteroatoms. The zero-order valence-electron chi connectivity index (χ0n) is 13.8. The topological polar surface area (TPSA) is 61.8 Å².